The number of hydrogen-bond donors (Lipinski definition) is 1. The lowest BCUT2D eigenvalue weighted by molar-refractivity contribution is 0.584. The third-order valence-electron chi connectivity index (χ3n) is 3.13. The van der Waals surface area contributed by atoms with Crippen LogP contribution in [0.2, 0.25) is 0 Å². The van der Waals surface area contributed by atoms with Crippen LogP contribution in [0.5, 0.6) is 0 Å². The SMILES string of the molecule is Cc1ccc(S(=O)(=O)NN=CC(C)c2ccccc2)cc1. The van der Waals surface area contributed by atoms with Gasteiger partial charge in [0.2, 0.25) is 0 Å². The predicted octanol–water partition coefficient (Wildman–Crippen LogP) is 3.06. The Balaban J connectivity index is 2.05. The molecule has 0 amide bonds. The van der Waals surface area contributed by atoms with Gasteiger partial charge in [0.05, 0.1) is 4.90 Å². The third kappa shape index (κ3) is 4.16. The molecule has 2 rings (SSSR count). The van der Waals surface area contributed by atoms with Crippen molar-refractivity contribution in [1.82, 2.24) is 4.83 Å². The summed E-state index contributed by atoms with van der Waals surface area (Å²) in [5.41, 5.74) is 2.09. The van der Waals surface area contributed by atoms with Gasteiger partial charge in [-0.05, 0) is 24.6 Å². The van der Waals surface area contributed by atoms with Gasteiger partial charge in [0.25, 0.3) is 10.0 Å². The summed E-state index contributed by atoms with van der Waals surface area (Å²) < 4.78 is 24.1. The summed E-state index contributed by atoms with van der Waals surface area (Å²) in [4.78, 5) is 2.44. The molecule has 0 bridgehead atoms. The molecule has 0 radical (unpaired) electrons. The lowest BCUT2D eigenvalue weighted by Crippen LogP contribution is -2.18. The smallest absolute Gasteiger partial charge is 0.200 e. The van der Waals surface area contributed by atoms with Crippen molar-refractivity contribution in [3.05, 3.63) is 65.7 Å². The van der Waals surface area contributed by atoms with Crippen LogP contribution < -0.4 is 4.83 Å². The summed E-state index contributed by atoms with van der Waals surface area (Å²) in [6, 6.07) is 16.4. The molecule has 0 fully saturated rings. The summed E-state index contributed by atoms with van der Waals surface area (Å²) >= 11 is 0. The first-order valence-corrected chi connectivity index (χ1v) is 8.14. The fraction of sp³-hybridized carbons (Fsp3) is 0.188. The molecule has 5 heteroatoms. The zero-order chi connectivity index (χ0) is 15.3. The maximum atomic E-state index is 12.0. The number of nitrogens with one attached hydrogen (secondary N) is 1. The van der Waals surface area contributed by atoms with Gasteiger partial charge in [0, 0.05) is 12.1 Å². The van der Waals surface area contributed by atoms with Crippen LogP contribution in [-0.4, -0.2) is 14.6 Å². The molecule has 0 aliphatic carbocycles. The lowest BCUT2D eigenvalue weighted by Gasteiger charge is -2.06. The number of rotatable bonds is 5. The minimum atomic E-state index is -3.60. The van der Waals surface area contributed by atoms with Crippen molar-refractivity contribution in [2.75, 3.05) is 0 Å². The second kappa shape index (κ2) is 6.54. The number of benzene rings is 2. The molecule has 1 N–H and O–H groups in total. The second-order valence-corrected chi connectivity index (χ2v) is 6.55. The van der Waals surface area contributed by atoms with Gasteiger partial charge in [-0.15, -0.1) is 0 Å². The number of nitrogens with zero attached hydrogens (tertiary/aromatic N) is 1. The maximum absolute atomic E-state index is 12.0. The normalized spacial score (nSPS) is 13.2. The van der Waals surface area contributed by atoms with E-state index in [1.807, 2.05) is 44.2 Å². The average molecular weight is 302 g/mol. The molecule has 1 atom stereocenters. The standard InChI is InChI=1S/C16H18N2O2S/c1-13-8-10-16(11-9-13)21(19,20)18-17-12-14(2)15-6-4-3-5-7-15/h3-12,14,18H,1-2H3. The Morgan fingerprint density at radius 2 is 1.67 bits per heavy atom. The fourth-order valence-electron chi connectivity index (χ4n) is 1.82. The molecule has 0 aliphatic heterocycles. The molecule has 2 aromatic carbocycles. The Kier molecular flexibility index (Phi) is 4.75. The van der Waals surface area contributed by atoms with Gasteiger partial charge in [-0.25, -0.2) is 4.83 Å². The number of sulfonamides is 1. The topological polar surface area (TPSA) is 58.5 Å². The Morgan fingerprint density at radius 1 is 1.05 bits per heavy atom. The first-order chi connectivity index (χ1) is 9.99. The van der Waals surface area contributed by atoms with Crippen molar-refractivity contribution in [3.63, 3.8) is 0 Å². The van der Waals surface area contributed by atoms with Gasteiger partial charge in [0.1, 0.15) is 0 Å². The monoisotopic (exact) mass is 302 g/mol. The van der Waals surface area contributed by atoms with E-state index in [4.69, 9.17) is 0 Å². The van der Waals surface area contributed by atoms with E-state index in [0.29, 0.717) is 0 Å². The zero-order valence-electron chi connectivity index (χ0n) is 12.0. The van der Waals surface area contributed by atoms with E-state index in [0.717, 1.165) is 11.1 Å². The van der Waals surface area contributed by atoms with Gasteiger partial charge >= 0.3 is 0 Å². The average Bonchev–Trinajstić information content (AvgIpc) is 2.48. The van der Waals surface area contributed by atoms with E-state index in [1.165, 1.54) is 0 Å². The van der Waals surface area contributed by atoms with Crippen molar-refractivity contribution in [3.8, 4) is 0 Å². The second-order valence-electron chi connectivity index (χ2n) is 4.89. The fourth-order valence-corrected chi connectivity index (χ4v) is 2.62. The van der Waals surface area contributed by atoms with E-state index in [9.17, 15) is 8.42 Å². The summed E-state index contributed by atoms with van der Waals surface area (Å²) in [5.74, 6) is 0.0342. The Labute approximate surface area is 125 Å². The minimum absolute atomic E-state index is 0.0342. The predicted molar refractivity (Wildman–Crippen MR) is 84.8 cm³/mol. The molecule has 1 unspecified atom stereocenters. The Hall–Kier alpha value is -2.14. The van der Waals surface area contributed by atoms with Crippen LogP contribution in [-0.2, 0) is 10.0 Å². The molecule has 0 heterocycles. The van der Waals surface area contributed by atoms with Crippen molar-refractivity contribution in [2.24, 2.45) is 5.10 Å². The van der Waals surface area contributed by atoms with Gasteiger partial charge in [-0.1, -0.05) is 55.0 Å². The molecule has 21 heavy (non-hydrogen) atoms. The van der Waals surface area contributed by atoms with Crippen LogP contribution in [0.3, 0.4) is 0 Å². The van der Waals surface area contributed by atoms with Crippen LogP contribution in [0.25, 0.3) is 0 Å². The molecule has 4 nitrogen and oxygen atoms in total. The third-order valence-corrected chi connectivity index (χ3v) is 4.37. The summed E-state index contributed by atoms with van der Waals surface area (Å²) in [6.45, 7) is 3.86. The summed E-state index contributed by atoms with van der Waals surface area (Å²) in [6.07, 6.45) is 1.58. The zero-order valence-corrected chi connectivity index (χ0v) is 12.8. The molecule has 110 valence electrons. The molecule has 0 saturated heterocycles. The van der Waals surface area contributed by atoms with E-state index in [2.05, 4.69) is 9.93 Å². The molecule has 0 aromatic heterocycles. The molecular weight excluding hydrogens is 284 g/mol. The first-order valence-electron chi connectivity index (χ1n) is 6.65. The van der Waals surface area contributed by atoms with E-state index in [-0.39, 0.29) is 10.8 Å². The largest absolute Gasteiger partial charge is 0.276 e. The summed E-state index contributed by atoms with van der Waals surface area (Å²) in [5, 5.41) is 3.86. The highest BCUT2D eigenvalue weighted by atomic mass is 32.2. The number of hydrogen-bond acceptors (Lipinski definition) is 3. The van der Waals surface area contributed by atoms with Crippen LogP contribution in [0.15, 0.2) is 64.6 Å². The van der Waals surface area contributed by atoms with Crippen LogP contribution in [0.1, 0.15) is 24.0 Å². The van der Waals surface area contributed by atoms with Crippen molar-refractivity contribution in [2.45, 2.75) is 24.7 Å². The van der Waals surface area contributed by atoms with Crippen molar-refractivity contribution < 1.29 is 8.42 Å². The number of hydrazone groups is 1. The van der Waals surface area contributed by atoms with Gasteiger partial charge in [0.15, 0.2) is 0 Å². The molecule has 0 saturated carbocycles. The van der Waals surface area contributed by atoms with Gasteiger partial charge in [-0.3, -0.25) is 0 Å². The summed E-state index contributed by atoms with van der Waals surface area (Å²) in [7, 11) is -3.60. The molecular formula is C16H18N2O2S. The van der Waals surface area contributed by atoms with Crippen molar-refractivity contribution in [1.29, 1.82) is 0 Å². The molecule has 2 aromatic rings. The Morgan fingerprint density at radius 3 is 2.29 bits per heavy atom. The van der Waals surface area contributed by atoms with Crippen LogP contribution >= 0.6 is 0 Å². The van der Waals surface area contributed by atoms with Gasteiger partial charge in [-0.2, -0.15) is 13.5 Å². The van der Waals surface area contributed by atoms with Crippen LogP contribution in [0.4, 0.5) is 0 Å². The first kappa shape index (κ1) is 15.3. The van der Waals surface area contributed by atoms with Crippen LogP contribution in [0, 0.1) is 6.92 Å². The lowest BCUT2D eigenvalue weighted by atomic mass is 10.0. The highest BCUT2D eigenvalue weighted by Crippen LogP contribution is 2.12. The number of aryl methyl sites for hydroxylation is 1. The van der Waals surface area contributed by atoms with E-state index < -0.39 is 10.0 Å². The minimum Gasteiger partial charge on any atom is -0.200 e. The highest BCUT2D eigenvalue weighted by Gasteiger charge is 2.12. The quantitative estimate of drug-likeness (QED) is 0.681. The van der Waals surface area contributed by atoms with E-state index >= 15 is 0 Å². The van der Waals surface area contributed by atoms with E-state index in [1.54, 1.807) is 30.5 Å². The maximum Gasteiger partial charge on any atom is 0.276 e. The van der Waals surface area contributed by atoms with Crippen molar-refractivity contribution >= 4 is 16.2 Å². The molecule has 0 spiro atoms. The highest BCUT2D eigenvalue weighted by molar-refractivity contribution is 7.89. The van der Waals surface area contributed by atoms with Gasteiger partial charge < -0.3 is 0 Å². The Bertz CT molecular complexity index is 708. The molecule has 0 aliphatic rings.